The van der Waals surface area contributed by atoms with Gasteiger partial charge in [-0.25, -0.2) is 14.2 Å². The highest BCUT2D eigenvalue weighted by Crippen LogP contribution is 2.22. The number of nitrogens with one attached hydrogen (secondary N) is 1. The van der Waals surface area contributed by atoms with Crippen molar-refractivity contribution in [3.8, 4) is 0 Å². The summed E-state index contributed by atoms with van der Waals surface area (Å²) in [5.74, 6) is -3.11. The lowest BCUT2D eigenvalue weighted by molar-refractivity contribution is -0.200. The van der Waals surface area contributed by atoms with Gasteiger partial charge in [-0.1, -0.05) is 46.7 Å². The van der Waals surface area contributed by atoms with Crippen molar-refractivity contribution in [2.45, 2.75) is 33.1 Å². The first-order chi connectivity index (χ1) is 18.0. The number of ketones is 1. The minimum absolute atomic E-state index is 0.0372. The van der Waals surface area contributed by atoms with Crippen molar-refractivity contribution < 1.29 is 27.6 Å². The minimum Gasteiger partial charge on any atom is -0.340 e. The molecule has 38 heavy (non-hydrogen) atoms. The minimum atomic E-state index is -5.43. The number of piperazine rings is 1. The van der Waals surface area contributed by atoms with E-state index < -0.39 is 41.4 Å². The molecule has 0 spiro atoms. The summed E-state index contributed by atoms with van der Waals surface area (Å²) in [4.78, 5) is 62.0. The van der Waals surface area contributed by atoms with Gasteiger partial charge in [0.25, 0.3) is 5.56 Å². The second-order valence-corrected chi connectivity index (χ2v) is 8.85. The first-order valence-electron chi connectivity index (χ1n) is 11.7. The fourth-order valence-corrected chi connectivity index (χ4v) is 3.96. The monoisotopic (exact) mass is 534 g/mol. The van der Waals surface area contributed by atoms with E-state index in [1.54, 1.807) is 29.2 Å². The molecule has 0 amide bonds. The smallest absolute Gasteiger partial charge is 0.340 e. The van der Waals surface area contributed by atoms with E-state index in [9.17, 15) is 32.3 Å². The highest BCUT2D eigenvalue weighted by Gasteiger charge is 2.43. The lowest BCUT2D eigenvalue weighted by Gasteiger charge is -2.28. The summed E-state index contributed by atoms with van der Waals surface area (Å²) < 4.78 is 41.2. The Labute approximate surface area is 213 Å². The Hall–Kier alpha value is -4.20. The maximum absolute atomic E-state index is 13.6. The quantitative estimate of drug-likeness (QED) is 0.354. The lowest BCUT2D eigenvalue weighted by Crippen LogP contribution is -2.47. The van der Waals surface area contributed by atoms with E-state index in [0.717, 1.165) is 5.57 Å². The molecule has 2 aromatic heterocycles. The van der Waals surface area contributed by atoms with Crippen molar-refractivity contribution in [2.24, 2.45) is 0 Å². The molecule has 1 saturated heterocycles. The van der Waals surface area contributed by atoms with E-state index in [1.807, 2.05) is 13.8 Å². The Morgan fingerprint density at radius 1 is 1.08 bits per heavy atom. The number of allylic oxidation sites excluding steroid dienone is 2. The van der Waals surface area contributed by atoms with Gasteiger partial charge in [0.1, 0.15) is 0 Å². The van der Waals surface area contributed by atoms with E-state index in [2.05, 4.69) is 15.1 Å². The van der Waals surface area contributed by atoms with Crippen LogP contribution in [0.3, 0.4) is 0 Å². The first kappa shape index (κ1) is 26.9. The number of aromatic nitrogens is 4. The number of carbonyl (C=O) groups excluding carboxylic acids is 2. The number of Topliss-reactive ketones (excluding diaryl/α,β-unsaturated/α-hetero) is 1. The molecule has 0 aliphatic carbocycles. The van der Waals surface area contributed by atoms with Crippen LogP contribution in [0.2, 0.25) is 0 Å². The first-order valence-corrected chi connectivity index (χ1v) is 11.7. The third-order valence-corrected chi connectivity index (χ3v) is 5.86. The number of imidazole rings is 1. The van der Waals surface area contributed by atoms with Crippen LogP contribution in [-0.4, -0.2) is 63.0 Å². The van der Waals surface area contributed by atoms with Crippen molar-refractivity contribution in [3.05, 3.63) is 68.4 Å². The molecule has 1 aliphatic heterocycles. The van der Waals surface area contributed by atoms with Crippen molar-refractivity contribution in [3.63, 3.8) is 0 Å². The molecule has 1 aromatic carbocycles. The van der Waals surface area contributed by atoms with Gasteiger partial charge in [0.05, 0.1) is 6.54 Å². The summed E-state index contributed by atoms with van der Waals surface area (Å²) in [7, 11) is 0. The average molecular weight is 534 g/mol. The van der Waals surface area contributed by atoms with Crippen LogP contribution >= 0.6 is 0 Å². The Morgan fingerprint density at radius 2 is 1.74 bits per heavy atom. The zero-order valence-electron chi connectivity index (χ0n) is 20.6. The molecule has 202 valence electrons. The van der Waals surface area contributed by atoms with Crippen LogP contribution in [-0.2, 0) is 17.9 Å². The second kappa shape index (κ2) is 10.7. The maximum Gasteiger partial charge on any atom is 0.493 e. The van der Waals surface area contributed by atoms with Crippen LogP contribution in [0.25, 0.3) is 11.2 Å². The fourth-order valence-electron chi connectivity index (χ4n) is 3.96. The number of fused-ring (bicyclic) bond motifs is 1. The van der Waals surface area contributed by atoms with Gasteiger partial charge < -0.3 is 19.6 Å². The van der Waals surface area contributed by atoms with Crippen LogP contribution in [0.4, 0.5) is 19.1 Å². The van der Waals surface area contributed by atoms with E-state index in [-0.39, 0.29) is 28.3 Å². The molecule has 11 nitrogen and oxygen atoms in total. The van der Waals surface area contributed by atoms with Gasteiger partial charge in [-0.15, -0.1) is 0 Å². The molecule has 1 fully saturated rings. The standard InChI is InChI=1S/C24H25F3N6O5/c1-15(2)8-11-31-18-19(29-22(31)30-12-9-28-10-13-30)33(38-21(36)24(25,26)27)23(37)32(20(18)35)14-17(34)16-6-4-3-5-7-16/h3-8,28H,9-14H2,1-2H3. The van der Waals surface area contributed by atoms with E-state index in [1.165, 1.54) is 16.7 Å². The number of halogens is 3. The highest BCUT2D eigenvalue weighted by molar-refractivity contribution is 5.96. The number of anilines is 1. The van der Waals surface area contributed by atoms with Gasteiger partial charge in [-0.2, -0.15) is 18.2 Å². The molecular formula is C24H25F3N6O5. The Kier molecular flexibility index (Phi) is 7.53. The van der Waals surface area contributed by atoms with Gasteiger partial charge in [-0.05, 0) is 13.8 Å². The van der Waals surface area contributed by atoms with Crippen LogP contribution < -0.4 is 26.3 Å². The molecule has 0 saturated carbocycles. The molecule has 3 aromatic rings. The predicted octanol–water partition coefficient (Wildman–Crippen LogP) is 1.14. The van der Waals surface area contributed by atoms with Crippen LogP contribution in [0.1, 0.15) is 24.2 Å². The molecule has 1 aliphatic rings. The number of rotatable bonds is 7. The van der Waals surface area contributed by atoms with E-state index in [4.69, 9.17) is 0 Å². The summed E-state index contributed by atoms with van der Waals surface area (Å²) >= 11 is 0. The molecule has 3 heterocycles. The SMILES string of the molecule is CC(C)=CCn1c(N2CCNCC2)nc2c1c(=O)n(CC(=O)c1ccccc1)c(=O)n2OC(=O)C(F)(F)F. The summed E-state index contributed by atoms with van der Waals surface area (Å²) in [6.07, 6.45) is -3.67. The van der Waals surface area contributed by atoms with E-state index in [0.29, 0.717) is 30.7 Å². The maximum atomic E-state index is 13.6. The Morgan fingerprint density at radius 3 is 2.34 bits per heavy atom. The number of benzene rings is 1. The molecule has 0 atom stereocenters. The van der Waals surface area contributed by atoms with Gasteiger partial charge >= 0.3 is 17.8 Å². The predicted molar refractivity (Wildman–Crippen MR) is 131 cm³/mol. The topological polar surface area (TPSA) is 120 Å². The summed E-state index contributed by atoms with van der Waals surface area (Å²) in [5, 5.41) is 3.17. The van der Waals surface area contributed by atoms with E-state index >= 15 is 0 Å². The fraction of sp³-hybridized carbons (Fsp3) is 0.375. The van der Waals surface area contributed by atoms with Crippen LogP contribution in [0.15, 0.2) is 51.6 Å². The zero-order chi connectivity index (χ0) is 27.6. The van der Waals surface area contributed by atoms with Crippen molar-refractivity contribution in [2.75, 3.05) is 31.1 Å². The molecular weight excluding hydrogens is 509 g/mol. The Balaban J connectivity index is 1.98. The van der Waals surface area contributed by atoms with Crippen LogP contribution in [0, 0.1) is 0 Å². The molecule has 1 N–H and O–H groups in total. The second-order valence-electron chi connectivity index (χ2n) is 8.85. The summed E-state index contributed by atoms with van der Waals surface area (Å²) in [6, 6.07) is 7.76. The molecule has 14 heteroatoms. The van der Waals surface area contributed by atoms with Gasteiger partial charge in [0.2, 0.25) is 11.6 Å². The van der Waals surface area contributed by atoms with Gasteiger partial charge in [-0.3, -0.25) is 9.59 Å². The van der Waals surface area contributed by atoms with Crippen LogP contribution in [0.5, 0.6) is 0 Å². The third kappa shape index (κ3) is 5.39. The number of alkyl halides is 3. The third-order valence-electron chi connectivity index (χ3n) is 5.86. The zero-order valence-corrected chi connectivity index (χ0v) is 20.6. The number of hydrogen-bond acceptors (Lipinski definition) is 8. The van der Waals surface area contributed by atoms with Crippen molar-refractivity contribution in [1.29, 1.82) is 0 Å². The highest BCUT2D eigenvalue weighted by atomic mass is 19.4. The lowest BCUT2D eigenvalue weighted by atomic mass is 10.1. The molecule has 0 bridgehead atoms. The summed E-state index contributed by atoms with van der Waals surface area (Å²) in [5.41, 5.74) is -2.18. The normalized spacial score (nSPS) is 14.0. The number of nitrogens with zero attached hydrogens (tertiary/aromatic N) is 5. The van der Waals surface area contributed by atoms with Crippen molar-refractivity contribution >= 4 is 28.9 Å². The van der Waals surface area contributed by atoms with Gasteiger partial charge in [0, 0.05) is 38.3 Å². The molecule has 0 unspecified atom stereocenters. The number of carbonyl (C=O) groups is 2. The molecule has 4 rings (SSSR count). The largest absolute Gasteiger partial charge is 0.493 e. The number of hydrogen-bond donors (Lipinski definition) is 1. The summed E-state index contributed by atoms with van der Waals surface area (Å²) in [6.45, 7) is 5.03. The van der Waals surface area contributed by atoms with Gasteiger partial charge in [0.15, 0.2) is 11.3 Å². The van der Waals surface area contributed by atoms with Crippen molar-refractivity contribution in [1.82, 2.24) is 24.2 Å². The molecule has 0 radical (unpaired) electrons. The Bertz CT molecular complexity index is 1510. The average Bonchev–Trinajstić information content (AvgIpc) is 3.27.